The zero-order valence-corrected chi connectivity index (χ0v) is 15.4. The van der Waals surface area contributed by atoms with E-state index in [9.17, 15) is 5.11 Å². The van der Waals surface area contributed by atoms with Crippen LogP contribution in [0.2, 0.25) is 0 Å². The fraction of sp³-hybridized carbons (Fsp3) is 0.318. The maximum absolute atomic E-state index is 10.9. The molecule has 0 unspecified atom stereocenters. The standard InChI is InChI=1S/C22H25N3O/c1-17-8-6-7-11-21(17)22(26)15-24(16-22)13-20-14-25(23-18(20)2)12-19-9-4-3-5-10-19/h3-11,14,26H,12-13,15-16H2,1-2H3. The number of β-amino-alcohol motifs (C(OH)–C–C–N with tert-alkyl or cyclic N) is 1. The van der Waals surface area contributed by atoms with Crippen molar-refractivity contribution in [1.82, 2.24) is 14.7 Å². The number of hydrogen-bond acceptors (Lipinski definition) is 3. The van der Waals surface area contributed by atoms with Gasteiger partial charge in [0.05, 0.1) is 12.2 Å². The predicted octanol–water partition coefficient (Wildman–Crippen LogP) is 3.25. The molecule has 1 aliphatic heterocycles. The lowest BCUT2D eigenvalue weighted by molar-refractivity contribution is -0.108. The first-order chi connectivity index (χ1) is 12.5. The molecule has 1 aromatic heterocycles. The van der Waals surface area contributed by atoms with Crippen LogP contribution in [0.4, 0.5) is 0 Å². The summed E-state index contributed by atoms with van der Waals surface area (Å²) in [6.07, 6.45) is 2.13. The first-order valence-corrected chi connectivity index (χ1v) is 9.11. The molecule has 4 heteroatoms. The molecule has 0 atom stereocenters. The topological polar surface area (TPSA) is 41.3 Å². The van der Waals surface area contributed by atoms with Gasteiger partial charge in [-0.1, -0.05) is 54.6 Å². The summed E-state index contributed by atoms with van der Waals surface area (Å²) in [6.45, 7) is 7.07. The van der Waals surface area contributed by atoms with Crippen molar-refractivity contribution in [1.29, 1.82) is 0 Å². The van der Waals surface area contributed by atoms with Gasteiger partial charge in [-0.05, 0) is 30.5 Å². The van der Waals surface area contributed by atoms with E-state index in [0.717, 1.165) is 29.9 Å². The highest BCUT2D eigenvalue weighted by molar-refractivity contribution is 5.34. The summed E-state index contributed by atoms with van der Waals surface area (Å²) in [5.41, 5.74) is 5.02. The Kier molecular flexibility index (Phi) is 4.39. The number of hydrogen-bond donors (Lipinski definition) is 1. The van der Waals surface area contributed by atoms with Gasteiger partial charge in [0.15, 0.2) is 0 Å². The highest BCUT2D eigenvalue weighted by Gasteiger charge is 2.43. The second-order valence-electron chi connectivity index (χ2n) is 7.41. The van der Waals surface area contributed by atoms with Crippen LogP contribution >= 0.6 is 0 Å². The van der Waals surface area contributed by atoms with Crippen molar-refractivity contribution >= 4 is 0 Å². The average molecular weight is 347 g/mol. The van der Waals surface area contributed by atoms with E-state index < -0.39 is 5.60 Å². The first-order valence-electron chi connectivity index (χ1n) is 9.11. The van der Waals surface area contributed by atoms with Crippen LogP contribution in [0.15, 0.2) is 60.8 Å². The van der Waals surface area contributed by atoms with E-state index in [2.05, 4.69) is 60.4 Å². The second-order valence-corrected chi connectivity index (χ2v) is 7.41. The van der Waals surface area contributed by atoms with E-state index in [0.29, 0.717) is 13.1 Å². The molecule has 1 N–H and O–H groups in total. The Morgan fingerprint density at radius 1 is 0.962 bits per heavy atom. The Balaban J connectivity index is 1.41. The van der Waals surface area contributed by atoms with Crippen LogP contribution < -0.4 is 0 Å². The van der Waals surface area contributed by atoms with Gasteiger partial charge in [-0.3, -0.25) is 9.58 Å². The van der Waals surface area contributed by atoms with Crippen LogP contribution in [-0.4, -0.2) is 32.9 Å². The van der Waals surface area contributed by atoms with Crippen LogP contribution in [0.1, 0.15) is 27.9 Å². The smallest absolute Gasteiger partial charge is 0.115 e. The molecule has 4 nitrogen and oxygen atoms in total. The minimum atomic E-state index is -0.723. The molecule has 4 rings (SSSR count). The summed E-state index contributed by atoms with van der Waals surface area (Å²) in [4.78, 5) is 2.28. The number of aryl methyl sites for hydroxylation is 2. The summed E-state index contributed by atoms with van der Waals surface area (Å²) >= 11 is 0. The van der Waals surface area contributed by atoms with Gasteiger partial charge in [0.1, 0.15) is 5.60 Å². The fourth-order valence-corrected chi connectivity index (χ4v) is 3.88. The Bertz CT molecular complexity index is 895. The fourth-order valence-electron chi connectivity index (χ4n) is 3.88. The lowest BCUT2D eigenvalue weighted by Gasteiger charge is -2.47. The maximum atomic E-state index is 10.9. The van der Waals surface area contributed by atoms with Crippen LogP contribution in [0, 0.1) is 13.8 Å². The second kappa shape index (κ2) is 6.71. The van der Waals surface area contributed by atoms with Gasteiger partial charge in [0, 0.05) is 31.4 Å². The Morgan fingerprint density at radius 2 is 1.65 bits per heavy atom. The molecule has 2 aromatic carbocycles. The Morgan fingerprint density at radius 3 is 2.38 bits per heavy atom. The molecule has 26 heavy (non-hydrogen) atoms. The first kappa shape index (κ1) is 17.0. The largest absolute Gasteiger partial charge is 0.382 e. The van der Waals surface area contributed by atoms with Gasteiger partial charge in [0.2, 0.25) is 0 Å². The lowest BCUT2D eigenvalue weighted by Crippen LogP contribution is -2.59. The molecule has 0 spiro atoms. The van der Waals surface area contributed by atoms with Gasteiger partial charge in [-0.25, -0.2) is 0 Å². The van der Waals surface area contributed by atoms with Crippen molar-refractivity contribution in [2.75, 3.05) is 13.1 Å². The third-order valence-corrected chi connectivity index (χ3v) is 5.25. The van der Waals surface area contributed by atoms with Crippen LogP contribution in [0.25, 0.3) is 0 Å². The van der Waals surface area contributed by atoms with Crippen LogP contribution in [-0.2, 0) is 18.7 Å². The zero-order valence-electron chi connectivity index (χ0n) is 15.4. The van der Waals surface area contributed by atoms with Crippen molar-refractivity contribution in [3.05, 3.63) is 88.7 Å². The lowest BCUT2D eigenvalue weighted by atomic mass is 9.83. The molecule has 2 heterocycles. The van der Waals surface area contributed by atoms with E-state index in [1.54, 1.807) is 0 Å². The summed E-state index contributed by atoms with van der Waals surface area (Å²) < 4.78 is 2.01. The summed E-state index contributed by atoms with van der Waals surface area (Å²) in [5.74, 6) is 0. The molecule has 0 amide bonds. The molecule has 3 aromatic rings. The van der Waals surface area contributed by atoms with Gasteiger partial charge in [-0.2, -0.15) is 5.10 Å². The zero-order chi connectivity index (χ0) is 18.1. The molecule has 1 saturated heterocycles. The van der Waals surface area contributed by atoms with Gasteiger partial charge < -0.3 is 5.11 Å². The highest BCUT2D eigenvalue weighted by atomic mass is 16.3. The van der Waals surface area contributed by atoms with Crippen molar-refractivity contribution in [3.63, 3.8) is 0 Å². The van der Waals surface area contributed by atoms with Crippen molar-refractivity contribution < 1.29 is 5.11 Å². The van der Waals surface area contributed by atoms with E-state index in [1.165, 1.54) is 11.1 Å². The molecule has 0 bridgehead atoms. The predicted molar refractivity (Wildman–Crippen MR) is 103 cm³/mol. The van der Waals surface area contributed by atoms with E-state index in [-0.39, 0.29) is 0 Å². The summed E-state index contributed by atoms with van der Waals surface area (Å²) in [7, 11) is 0. The number of aromatic nitrogens is 2. The SMILES string of the molecule is Cc1ccccc1C1(O)CN(Cc2cn(Cc3ccccc3)nc2C)C1. The van der Waals surface area contributed by atoms with E-state index in [4.69, 9.17) is 0 Å². The van der Waals surface area contributed by atoms with Crippen molar-refractivity contribution in [2.24, 2.45) is 0 Å². The van der Waals surface area contributed by atoms with Gasteiger partial charge >= 0.3 is 0 Å². The minimum Gasteiger partial charge on any atom is -0.382 e. The van der Waals surface area contributed by atoms with Crippen molar-refractivity contribution in [3.8, 4) is 0 Å². The van der Waals surface area contributed by atoms with Crippen LogP contribution in [0.5, 0.6) is 0 Å². The molecule has 0 aliphatic carbocycles. The molecule has 0 radical (unpaired) electrons. The van der Waals surface area contributed by atoms with Crippen molar-refractivity contribution in [2.45, 2.75) is 32.5 Å². The molecular formula is C22H25N3O. The van der Waals surface area contributed by atoms with Crippen LogP contribution in [0.3, 0.4) is 0 Å². The minimum absolute atomic E-state index is 0.668. The summed E-state index contributed by atoms with van der Waals surface area (Å²) in [5, 5.41) is 15.6. The van der Waals surface area contributed by atoms with E-state index >= 15 is 0 Å². The molecule has 134 valence electrons. The number of rotatable bonds is 5. The number of benzene rings is 2. The number of nitrogens with zero attached hydrogens (tertiary/aromatic N) is 3. The highest BCUT2D eigenvalue weighted by Crippen LogP contribution is 2.34. The third-order valence-electron chi connectivity index (χ3n) is 5.25. The molecule has 0 saturated carbocycles. The Labute approximate surface area is 154 Å². The quantitative estimate of drug-likeness (QED) is 0.770. The normalized spacial score (nSPS) is 16.4. The monoisotopic (exact) mass is 347 g/mol. The van der Waals surface area contributed by atoms with Gasteiger partial charge in [0.25, 0.3) is 0 Å². The number of aliphatic hydroxyl groups is 1. The number of likely N-dealkylation sites (tertiary alicyclic amines) is 1. The molecular weight excluding hydrogens is 322 g/mol. The Hall–Kier alpha value is -2.43. The maximum Gasteiger partial charge on any atom is 0.115 e. The van der Waals surface area contributed by atoms with E-state index in [1.807, 2.05) is 28.9 Å². The third kappa shape index (κ3) is 3.30. The van der Waals surface area contributed by atoms with Gasteiger partial charge in [-0.15, -0.1) is 0 Å². The summed E-state index contributed by atoms with van der Waals surface area (Å²) in [6, 6.07) is 18.5. The molecule has 1 aliphatic rings. The average Bonchev–Trinajstić information content (AvgIpc) is 2.94. The molecule has 1 fully saturated rings.